The lowest BCUT2D eigenvalue weighted by molar-refractivity contribution is -0.0200. The molecule has 3 aromatic rings. The van der Waals surface area contributed by atoms with Crippen LogP contribution in [-0.4, -0.2) is 51.8 Å². The van der Waals surface area contributed by atoms with Crippen LogP contribution in [0.5, 0.6) is 11.5 Å². The molecule has 178 valence electrons. The Bertz CT molecular complexity index is 1140. The van der Waals surface area contributed by atoms with E-state index in [2.05, 4.69) is 27.4 Å². The smallest absolute Gasteiger partial charge is 0.323 e. The third-order valence-electron chi connectivity index (χ3n) is 6.96. The van der Waals surface area contributed by atoms with Gasteiger partial charge in [-0.3, -0.25) is 14.9 Å². The Kier molecular flexibility index (Phi) is 6.23. The van der Waals surface area contributed by atoms with Gasteiger partial charge in [-0.15, -0.1) is 0 Å². The molecule has 2 aromatic carbocycles. The Balaban J connectivity index is 1.09. The molecule has 2 fully saturated rings. The first kappa shape index (κ1) is 22.7. The summed E-state index contributed by atoms with van der Waals surface area (Å²) in [5.41, 5.74) is 2.51. The highest BCUT2D eigenvalue weighted by atomic mass is 35.5. The molecule has 0 radical (unpaired) electrons. The lowest BCUT2D eigenvalue weighted by Crippen LogP contribution is -2.62. The summed E-state index contributed by atoms with van der Waals surface area (Å²) in [5, 5.41) is 7.93. The maximum atomic E-state index is 12.6. The Morgan fingerprint density at radius 3 is 2.50 bits per heavy atom. The van der Waals surface area contributed by atoms with Gasteiger partial charge < -0.3 is 9.64 Å². The van der Waals surface area contributed by atoms with Gasteiger partial charge in [0.15, 0.2) is 5.82 Å². The van der Waals surface area contributed by atoms with Crippen molar-refractivity contribution in [1.29, 1.82) is 0 Å². The zero-order chi connectivity index (χ0) is 23.7. The van der Waals surface area contributed by atoms with Gasteiger partial charge in [-0.1, -0.05) is 23.7 Å². The molecule has 8 heteroatoms. The zero-order valence-corrected chi connectivity index (χ0v) is 20.4. The Morgan fingerprint density at radius 2 is 1.82 bits per heavy atom. The number of benzene rings is 2. The first-order valence-electron chi connectivity index (χ1n) is 11.7. The van der Waals surface area contributed by atoms with Crippen LogP contribution in [0.3, 0.4) is 0 Å². The van der Waals surface area contributed by atoms with Gasteiger partial charge >= 0.3 is 6.03 Å². The van der Waals surface area contributed by atoms with Gasteiger partial charge in [-0.2, -0.15) is 5.10 Å². The average molecular weight is 480 g/mol. The summed E-state index contributed by atoms with van der Waals surface area (Å²) in [6.07, 6.45) is 2.22. The summed E-state index contributed by atoms with van der Waals surface area (Å²) < 4.78 is 7.75. The fourth-order valence-corrected chi connectivity index (χ4v) is 4.95. The van der Waals surface area contributed by atoms with Crippen LogP contribution in [0, 0.1) is 12.3 Å². The number of hydrogen-bond donors (Lipinski definition) is 1. The first-order chi connectivity index (χ1) is 16.4. The molecule has 2 aliphatic heterocycles. The topological polar surface area (TPSA) is 62.6 Å². The molecule has 2 aliphatic rings. The molecule has 2 saturated heterocycles. The summed E-state index contributed by atoms with van der Waals surface area (Å²) in [4.78, 5) is 17.0. The van der Waals surface area contributed by atoms with Crippen LogP contribution >= 0.6 is 11.6 Å². The third kappa shape index (κ3) is 5.05. The lowest BCUT2D eigenvalue weighted by Gasteiger charge is -2.53. The Hall–Kier alpha value is -3.03. The number of urea groups is 1. The third-order valence-corrected chi connectivity index (χ3v) is 7.21. The molecule has 0 saturated carbocycles. The molecule has 1 spiro atoms. The first-order valence-corrected chi connectivity index (χ1v) is 12.1. The maximum Gasteiger partial charge on any atom is 0.323 e. The average Bonchev–Trinajstić information content (AvgIpc) is 3.11. The molecular weight excluding hydrogens is 450 g/mol. The second kappa shape index (κ2) is 9.31. The van der Waals surface area contributed by atoms with Crippen LogP contribution in [0.1, 0.15) is 24.1 Å². The fraction of sp³-hybridized carbons (Fsp3) is 0.385. The van der Waals surface area contributed by atoms with Crippen molar-refractivity contribution < 1.29 is 9.53 Å². The minimum atomic E-state index is -0.0522. The normalized spacial score (nSPS) is 17.4. The van der Waals surface area contributed by atoms with Gasteiger partial charge in [-0.25, -0.2) is 4.79 Å². The van der Waals surface area contributed by atoms with E-state index in [1.165, 1.54) is 5.56 Å². The molecule has 1 N–H and O–H groups in total. The van der Waals surface area contributed by atoms with Crippen molar-refractivity contribution >= 4 is 23.4 Å². The van der Waals surface area contributed by atoms with Crippen LogP contribution in [-0.2, 0) is 13.6 Å². The number of aryl methyl sites for hydroxylation is 2. The van der Waals surface area contributed by atoms with Gasteiger partial charge in [-0.05, 0) is 74.8 Å². The summed E-state index contributed by atoms with van der Waals surface area (Å²) in [6, 6.07) is 17.5. The van der Waals surface area contributed by atoms with Crippen molar-refractivity contribution in [1.82, 2.24) is 19.6 Å². The number of piperidine rings is 1. The van der Waals surface area contributed by atoms with Gasteiger partial charge in [0.2, 0.25) is 0 Å². The number of carbonyl (C=O) groups is 1. The van der Waals surface area contributed by atoms with Crippen molar-refractivity contribution in [3.05, 3.63) is 70.9 Å². The number of nitrogens with one attached hydrogen (secondary N) is 1. The minimum absolute atomic E-state index is 0.0522. The SMILES string of the molecule is Cc1cc(NC(=O)N2CC3(CCN(Cc4cccc(Oc5ccc(Cl)cc5)c4)CC3)C2)nn1C. The Labute approximate surface area is 205 Å². The molecule has 0 unspecified atom stereocenters. The van der Waals surface area contributed by atoms with E-state index >= 15 is 0 Å². The van der Waals surface area contributed by atoms with Crippen LogP contribution in [0.25, 0.3) is 0 Å². The summed E-state index contributed by atoms with van der Waals surface area (Å²) in [6.45, 7) is 6.59. The monoisotopic (exact) mass is 479 g/mol. The van der Waals surface area contributed by atoms with E-state index in [1.54, 1.807) is 4.68 Å². The Morgan fingerprint density at radius 1 is 1.09 bits per heavy atom. The molecule has 5 rings (SSSR count). The summed E-state index contributed by atoms with van der Waals surface area (Å²) >= 11 is 5.96. The summed E-state index contributed by atoms with van der Waals surface area (Å²) in [5.74, 6) is 2.22. The highest BCUT2D eigenvalue weighted by Crippen LogP contribution is 2.41. The predicted octanol–water partition coefficient (Wildman–Crippen LogP) is 5.30. The van der Waals surface area contributed by atoms with Crippen LogP contribution in [0.15, 0.2) is 54.6 Å². The van der Waals surface area contributed by atoms with E-state index in [4.69, 9.17) is 16.3 Å². The molecule has 34 heavy (non-hydrogen) atoms. The second-order valence-corrected chi connectivity index (χ2v) is 10.00. The fourth-order valence-electron chi connectivity index (χ4n) is 4.82. The lowest BCUT2D eigenvalue weighted by atomic mass is 9.72. The maximum absolute atomic E-state index is 12.6. The predicted molar refractivity (Wildman–Crippen MR) is 133 cm³/mol. The molecule has 7 nitrogen and oxygen atoms in total. The zero-order valence-electron chi connectivity index (χ0n) is 19.6. The quantitative estimate of drug-likeness (QED) is 0.539. The number of halogens is 1. The van der Waals surface area contributed by atoms with E-state index in [0.29, 0.717) is 10.8 Å². The van der Waals surface area contributed by atoms with Crippen molar-refractivity contribution in [2.45, 2.75) is 26.3 Å². The molecule has 3 heterocycles. The van der Waals surface area contributed by atoms with Crippen LogP contribution in [0.4, 0.5) is 10.6 Å². The van der Waals surface area contributed by atoms with E-state index in [-0.39, 0.29) is 11.4 Å². The number of amides is 2. The number of aromatic nitrogens is 2. The van der Waals surface area contributed by atoms with E-state index in [0.717, 1.165) is 62.8 Å². The van der Waals surface area contributed by atoms with E-state index in [1.807, 2.05) is 61.3 Å². The number of ether oxygens (including phenoxy) is 1. The van der Waals surface area contributed by atoms with Gasteiger partial charge in [0.05, 0.1) is 0 Å². The molecule has 0 bridgehead atoms. The summed E-state index contributed by atoms with van der Waals surface area (Å²) in [7, 11) is 1.88. The number of likely N-dealkylation sites (tertiary alicyclic amines) is 2. The number of anilines is 1. The van der Waals surface area contributed by atoms with Gasteiger partial charge in [0, 0.05) is 48.9 Å². The molecule has 0 aliphatic carbocycles. The van der Waals surface area contributed by atoms with Crippen molar-refractivity contribution in [2.24, 2.45) is 12.5 Å². The number of nitrogens with zero attached hydrogens (tertiary/aromatic N) is 4. The van der Waals surface area contributed by atoms with Crippen molar-refractivity contribution in [3.8, 4) is 11.5 Å². The molecule has 1 aromatic heterocycles. The van der Waals surface area contributed by atoms with E-state index < -0.39 is 0 Å². The standard InChI is InChI=1S/C26H30ClN5O2/c1-19-14-24(29-30(19)2)28-25(33)32-17-26(18-32)10-12-31(13-11-26)16-20-4-3-5-23(15-20)34-22-8-6-21(27)7-9-22/h3-9,14-15H,10-13,16-18H2,1-2H3,(H,28,29,33). The number of rotatable bonds is 5. The van der Waals surface area contributed by atoms with Gasteiger partial charge in [0.1, 0.15) is 11.5 Å². The molecular formula is C26H30ClN5O2. The number of hydrogen-bond acceptors (Lipinski definition) is 4. The van der Waals surface area contributed by atoms with Crippen LogP contribution < -0.4 is 10.1 Å². The van der Waals surface area contributed by atoms with E-state index in [9.17, 15) is 4.79 Å². The highest BCUT2D eigenvalue weighted by molar-refractivity contribution is 6.30. The minimum Gasteiger partial charge on any atom is -0.457 e. The molecule has 2 amide bonds. The van der Waals surface area contributed by atoms with Crippen molar-refractivity contribution in [3.63, 3.8) is 0 Å². The largest absolute Gasteiger partial charge is 0.457 e. The van der Waals surface area contributed by atoms with Gasteiger partial charge in [0.25, 0.3) is 0 Å². The highest BCUT2D eigenvalue weighted by Gasteiger charge is 2.46. The van der Waals surface area contributed by atoms with Crippen LogP contribution in [0.2, 0.25) is 5.02 Å². The second-order valence-electron chi connectivity index (χ2n) is 9.56. The van der Waals surface area contributed by atoms with Crippen molar-refractivity contribution in [2.75, 3.05) is 31.5 Å². The molecule has 0 atom stereocenters. The number of carbonyl (C=O) groups excluding carboxylic acids is 1.